The zero-order valence-corrected chi connectivity index (χ0v) is 25.6. The number of nitrogens with one attached hydrogen (secondary N) is 3. The normalized spacial score (nSPS) is 13.9. The van der Waals surface area contributed by atoms with Crippen LogP contribution in [0.3, 0.4) is 0 Å². The van der Waals surface area contributed by atoms with Gasteiger partial charge in [-0.15, -0.1) is 0 Å². The molecule has 6 aromatic rings. The fourth-order valence-corrected chi connectivity index (χ4v) is 6.20. The van der Waals surface area contributed by atoms with Gasteiger partial charge in [0.05, 0.1) is 17.4 Å². The summed E-state index contributed by atoms with van der Waals surface area (Å²) in [6.07, 6.45) is 14.5. The Morgan fingerprint density at radius 3 is 2.62 bits per heavy atom. The number of nitrogens with zero attached hydrogens (tertiary/aromatic N) is 5. The van der Waals surface area contributed by atoms with E-state index in [1.54, 1.807) is 12.4 Å². The molecule has 0 amide bonds. The number of aromatic nitrogens is 6. The van der Waals surface area contributed by atoms with Crippen molar-refractivity contribution in [3.63, 3.8) is 0 Å². The number of fused-ring (bicyclic) bond motifs is 2. The summed E-state index contributed by atoms with van der Waals surface area (Å²) in [5.41, 5.74) is 7.69. The highest BCUT2D eigenvalue weighted by Gasteiger charge is 2.17. The minimum Gasteiger partial charge on any atom is -0.492 e. The van der Waals surface area contributed by atoms with Crippen molar-refractivity contribution in [1.29, 1.82) is 0 Å². The number of H-pyrrole nitrogens is 2. The van der Waals surface area contributed by atoms with Gasteiger partial charge in [-0.2, -0.15) is 5.10 Å². The molecule has 0 unspecified atom stereocenters. The Bertz CT molecular complexity index is 1940. The summed E-state index contributed by atoms with van der Waals surface area (Å²) < 4.78 is 20.5. The Kier molecular flexibility index (Phi) is 8.23. The summed E-state index contributed by atoms with van der Waals surface area (Å²) in [4.78, 5) is 19.1. The second kappa shape index (κ2) is 12.7. The van der Waals surface area contributed by atoms with E-state index in [0.717, 1.165) is 75.5 Å². The van der Waals surface area contributed by atoms with Gasteiger partial charge in [0.1, 0.15) is 23.9 Å². The molecule has 1 aliphatic rings. The Morgan fingerprint density at radius 2 is 1.76 bits per heavy atom. The molecular weight excluding hydrogens is 567 g/mol. The van der Waals surface area contributed by atoms with Crippen molar-refractivity contribution < 1.29 is 9.13 Å². The van der Waals surface area contributed by atoms with Gasteiger partial charge in [-0.1, -0.05) is 12.8 Å². The molecule has 0 spiro atoms. The number of hydrogen-bond donors (Lipinski definition) is 3. The van der Waals surface area contributed by atoms with Gasteiger partial charge in [0.2, 0.25) is 0 Å². The van der Waals surface area contributed by atoms with Gasteiger partial charge in [0.15, 0.2) is 5.65 Å². The first kappa shape index (κ1) is 29.1. The zero-order chi connectivity index (χ0) is 30.8. The van der Waals surface area contributed by atoms with Gasteiger partial charge in [-0.3, -0.25) is 15.1 Å². The molecule has 7 rings (SSSR count). The number of aromatic amines is 2. The topological polar surface area (TPSA) is 108 Å². The number of hydrogen-bond acceptors (Lipinski definition) is 7. The second-order valence-electron chi connectivity index (χ2n) is 12.2. The van der Waals surface area contributed by atoms with Gasteiger partial charge >= 0.3 is 0 Å². The van der Waals surface area contributed by atoms with E-state index in [1.807, 2.05) is 49.7 Å². The van der Waals surface area contributed by atoms with Crippen molar-refractivity contribution in [2.24, 2.45) is 5.92 Å². The molecule has 0 aliphatic heterocycles. The average Bonchev–Trinajstić information content (AvgIpc) is 3.80. The Hall–Kier alpha value is -4.67. The summed E-state index contributed by atoms with van der Waals surface area (Å²) in [5.74, 6) is 0.919. The molecule has 1 saturated carbocycles. The molecule has 5 aromatic heterocycles. The van der Waals surface area contributed by atoms with Crippen molar-refractivity contribution in [2.75, 3.05) is 33.8 Å². The van der Waals surface area contributed by atoms with Crippen molar-refractivity contribution in [1.82, 2.24) is 40.3 Å². The third-order valence-corrected chi connectivity index (χ3v) is 8.57. The highest BCUT2D eigenvalue weighted by molar-refractivity contribution is 6.00. The van der Waals surface area contributed by atoms with Crippen LogP contribution in [0.4, 0.5) is 4.39 Å². The van der Waals surface area contributed by atoms with Crippen LogP contribution >= 0.6 is 0 Å². The summed E-state index contributed by atoms with van der Waals surface area (Å²) in [5, 5.41) is 13.1. The van der Waals surface area contributed by atoms with E-state index in [9.17, 15) is 4.39 Å². The molecule has 0 atom stereocenters. The van der Waals surface area contributed by atoms with E-state index in [4.69, 9.17) is 4.74 Å². The molecule has 0 radical (unpaired) electrons. The Morgan fingerprint density at radius 1 is 0.911 bits per heavy atom. The SMILES string of the molecule is CN(C)CCOc1cc(F)cc(-c2cncc3[nH]c(-c4n[nH]c5ncc(-c6cncc(CNCC7CCCC7)c6)cc45)cc23)c1. The lowest BCUT2D eigenvalue weighted by Crippen LogP contribution is -2.20. The van der Waals surface area contributed by atoms with Gasteiger partial charge in [0, 0.05) is 71.4 Å². The number of ether oxygens (including phenoxy) is 1. The fourth-order valence-electron chi connectivity index (χ4n) is 6.20. The largest absolute Gasteiger partial charge is 0.492 e. The Labute approximate surface area is 261 Å². The van der Waals surface area contributed by atoms with Crippen LogP contribution in [-0.2, 0) is 6.54 Å². The number of rotatable bonds is 11. The standard InChI is InChI=1S/C35H37FN8O/c1-44(2)7-8-45-28-11-24(10-27(36)13-28)31-20-39-21-33-29(31)14-32(41-33)34-30-12-26(19-40-35(30)43-42-34)25-9-23(17-38-18-25)16-37-15-22-5-3-4-6-22/h9-14,17-22,37,41H,3-8,15-16H2,1-2H3,(H,40,42,43). The molecule has 0 bridgehead atoms. The lowest BCUT2D eigenvalue weighted by molar-refractivity contribution is 0.260. The molecule has 3 N–H and O–H groups in total. The molecule has 5 heterocycles. The molecule has 1 aromatic carbocycles. The van der Waals surface area contributed by atoms with Gasteiger partial charge in [0.25, 0.3) is 0 Å². The number of halogens is 1. The summed E-state index contributed by atoms with van der Waals surface area (Å²) >= 11 is 0. The minimum absolute atomic E-state index is 0.361. The molecule has 0 saturated heterocycles. The average molecular weight is 605 g/mol. The van der Waals surface area contributed by atoms with Crippen LogP contribution in [0.2, 0.25) is 0 Å². The second-order valence-corrected chi connectivity index (χ2v) is 12.2. The van der Waals surface area contributed by atoms with E-state index < -0.39 is 0 Å². The van der Waals surface area contributed by atoms with Crippen molar-refractivity contribution in [3.8, 4) is 39.4 Å². The molecule has 9 nitrogen and oxygen atoms in total. The van der Waals surface area contributed by atoms with Crippen molar-refractivity contribution >= 4 is 21.9 Å². The quantitative estimate of drug-likeness (QED) is 0.153. The van der Waals surface area contributed by atoms with Crippen molar-refractivity contribution in [2.45, 2.75) is 32.2 Å². The predicted octanol–water partition coefficient (Wildman–Crippen LogP) is 6.59. The molecular formula is C35H37FN8O. The minimum atomic E-state index is -0.361. The first-order chi connectivity index (χ1) is 22.0. The highest BCUT2D eigenvalue weighted by Crippen LogP contribution is 2.35. The third kappa shape index (κ3) is 6.43. The van der Waals surface area contributed by atoms with Crippen LogP contribution < -0.4 is 10.1 Å². The zero-order valence-electron chi connectivity index (χ0n) is 25.6. The smallest absolute Gasteiger partial charge is 0.155 e. The van der Waals surface area contributed by atoms with Crippen LogP contribution in [0.25, 0.3) is 55.6 Å². The third-order valence-electron chi connectivity index (χ3n) is 8.57. The van der Waals surface area contributed by atoms with Gasteiger partial charge in [-0.05, 0) is 80.9 Å². The van der Waals surface area contributed by atoms with E-state index in [1.165, 1.54) is 37.8 Å². The maximum atomic E-state index is 14.7. The molecule has 1 aliphatic carbocycles. The lowest BCUT2D eigenvalue weighted by atomic mass is 10.0. The fraction of sp³-hybridized carbons (Fsp3) is 0.314. The maximum Gasteiger partial charge on any atom is 0.155 e. The summed E-state index contributed by atoms with van der Waals surface area (Å²) in [6.45, 7) is 3.05. The predicted molar refractivity (Wildman–Crippen MR) is 175 cm³/mol. The number of likely N-dealkylation sites (N-methyl/N-ethyl adjacent to an activating group) is 1. The van der Waals surface area contributed by atoms with E-state index in [-0.39, 0.29) is 5.82 Å². The van der Waals surface area contributed by atoms with E-state index in [2.05, 4.69) is 47.6 Å². The lowest BCUT2D eigenvalue weighted by Gasteiger charge is -2.12. The van der Waals surface area contributed by atoms with Gasteiger partial charge < -0.3 is 19.9 Å². The molecule has 1 fully saturated rings. The van der Waals surface area contributed by atoms with Crippen LogP contribution in [0.5, 0.6) is 5.75 Å². The molecule has 230 valence electrons. The van der Waals surface area contributed by atoms with Crippen LogP contribution in [-0.4, -0.2) is 68.8 Å². The summed E-state index contributed by atoms with van der Waals surface area (Å²) in [7, 11) is 3.95. The Balaban J connectivity index is 1.17. The van der Waals surface area contributed by atoms with E-state index in [0.29, 0.717) is 23.6 Å². The van der Waals surface area contributed by atoms with Crippen LogP contribution in [0.1, 0.15) is 31.2 Å². The first-order valence-corrected chi connectivity index (χ1v) is 15.5. The van der Waals surface area contributed by atoms with Crippen molar-refractivity contribution in [3.05, 3.63) is 78.8 Å². The number of pyridine rings is 3. The number of benzene rings is 1. The molecule has 45 heavy (non-hydrogen) atoms. The first-order valence-electron chi connectivity index (χ1n) is 15.5. The summed E-state index contributed by atoms with van der Waals surface area (Å²) in [6, 6.07) is 11.1. The maximum absolute atomic E-state index is 14.7. The van der Waals surface area contributed by atoms with Crippen LogP contribution in [0.15, 0.2) is 67.4 Å². The van der Waals surface area contributed by atoms with E-state index >= 15 is 0 Å². The van der Waals surface area contributed by atoms with Crippen LogP contribution in [0, 0.1) is 11.7 Å². The highest BCUT2D eigenvalue weighted by atomic mass is 19.1. The van der Waals surface area contributed by atoms with Gasteiger partial charge in [-0.25, -0.2) is 9.37 Å². The monoisotopic (exact) mass is 604 g/mol. The molecule has 10 heteroatoms.